The van der Waals surface area contributed by atoms with E-state index in [1.807, 2.05) is 47.2 Å². The third kappa shape index (κ3) is 9.64. The molecule has 1 aromatic heterocycles. The second-order valence-corrected chi connectivity index (χ2v) is 11.2. The summed E-state index contributed by atoms with van der Waals surface area (Å²) in [5, 5.41) is 9.00. The number of benzene rings is 1. The largest absolute Gasteiger partial charge is 0.371 e. The maximum absolute atomic E-state index is 6.10. The van der Waals surface area contributed by atoms with E-state index in [1.165, 1.54) is 83.1 Å². The van der Waals surface area contributed by atoms with Crippen molar-refractivity contribution in [3.63, 3.8) is 0 Å². The smallest absolute Gasteiger partial charge is 0.0689 e. The van der Waals surface area contributed by atoms with Crippen molar-refractivity contribution in [2.75, 3.05) is 32.8 Å². The summed E-state index contributed by atoms with van der Waals surface area (Å²) in [6.07, 6.45) is 12.3. The molecule has 1 aliphatic carbocycles. The molecule has 0 spiro atoms. The average Bonchev–Trinajstić information content (AvgIpc) is 3.56. The molecule has 3 nitrogen and oxygen atoms in total. The quantitative estimate of drug-likeness (QED) is 0.374. The Morgan fingerprint density at radius 3 is 2.32 bits per heavy atom. The molecule has 3 aliphatic rings. The second kappa shape index (κ2) is 15.3. The summed E-state index contributed by atoms with van der Waals surface area (Å²) in [6.45, 7) is 10.2. The average molecular weight is 524 g/mol. The number of likely N-dealkylation sites (tertiary alicyclic amines) is 1. The summed E-state index contributed by atoms with van der Waals surface area (Å²) in [6, 6.07) is 9.77. The van der Waals surface area contributed by atoms with Crippen LogP contribution in [-0.2, 0) is 11.3 Å². The predicted octanol–water partition coefficient (Wildman–Crippen LogP) is 7.84. The molecule has 1 aromatic carbocycles. The lowest BCUT2D eigenvalue weighted by Gasteiger charge is -2.44. The first kappa shape index (κ1) is 27.7. The molecule has 1 N–H and O–H groups in total. The van der Waals surface area contributed by atoms with E-state index in [1.54, 1.807) is 11.3 Å². The molecule has 0 bridgehead atoms. The van der Waals surface area contributed by atoms with Crippen LogP contribution < -0.4 is 5.32 Å². The van der Waals surface area contributed by atoms with E-state index < -0.39 is 0 Å². The molecule has 34 heavy (non-hydrogen) atoms. The summed E-state index contributed by atoms with van der Waals surface area (Å²) in [5.74, 6) is 0.886. The molecule has 3 fully saturated rings. The Labute approximate surface area is 220 Å². The van der Waals surface area contributed by atoms with Crippen molar-refractivity contribution in [2.24, 2.45) is 5.92 Å². The van der Waals surface area contributed by atoms with Gasteiger partial charge in [0, 0.05) is 16.6 Å². The fraction of sp³-hybridized carbons (Fsp3) is 0.571. The van der Waals surface area contributed by atoms with Crippen LogP contribution in [0.2, 0.25) is 10.0 Å². The van der Waals surface area contributed by atoms with Gasteiger partial charge in [0.15, 0.2) is 0 Å². The maximum Gasteiger partial charge on any atom is 0.0689 e. The Morgan fingerprint density at radius 2 is 1.79 bits per heavy atom. The first-order chi connectivity index (χ1) is 16.6. The molecule has 188 valence electrons. The van der Waals surface area contributed by atoms with Crippen LogP contribution >= 0.6 is 34.5 Å². The predicted molar refractivity (Wildman–Crippen MR) is 148 cm³/mol. The highest BCUT2D eigenvalue weighted by molar-refractivity contribution is 7.07. The van der Waals surface area contributed by atoms with E-state index in [-0.39, 0.29) is 5.60 Å². The van der Waals surface area contributed by atoms with Gasteiger partial charge < -0.3 is 10.1 Å². The van der Waals surface area contributed by atoms with E-state index >= 15 is 0 Å². The molecule has 2 aliphatic heterocycles. The summed E-state index contributed by atoms with van der Waals surface area (Å²) >= 11 is 13.6. The van der Waals surface area contributed by atoms with Crippen LogP contribution in [-0.4, -0.2) is 43.3 Å². The van der Waals surface area contributed by atoms with Gasteiger partial charge in [0.2, 0.25) is 0 Å². The zero-order chi connectivity index (χ0) is 24.1. The normalized spacial score (nSPS) is 19.8. The van der Waals surface area contributed by atoms with E-state index in [0.29, 0.717) is 5.02 Å². The molecule has 3 heterocycles. The number of nitrogens with one attached hydrogen (secondary N) is 1. The highest BCUT2D eigenvalue weighted by Gasteiger charge is 2.39. The van der Waals surface area contributed by atoms with Crippen molar-refractivity contribution in [3.8, 4) is 0 Å². The van der Waals surface area contributed by atoms with Crippen molar-refractivity contribution in [1.29, 1.82) is 0 Å². The number of ether oxygens (including phenoxy) is 1. The lowest BCUT2D eigenvalue weighted by atomic mass is 9.72. The first-order valence-corrected chi connectivity index (χ1v) is 14.4. The summed E-state index contributed by atoms with van der Waals surface area (Å²) < 4.78 is 5.98. The Balaban J connectivity index is 0.000000159. The van der Waals surface area contributed by atoms with E-state index in [2.05, 4.69) is 16.8 Å². The van der Waals surface area contributed by atoms with Gasteiger partial charge in [-0.15, -0.1) is 6.58 Å². The van der Waals surface area contributed by atoms with Crippen LogP contribution in [0, 0.1) is 5.92 Å². The highest BCUT2D eigenvalue weighted by Crippen LogP contribution is 2.42. The van der Waals surface area contributed by atoms with Gasteiger partial charge >= 0.3 is 0 Å². The van der Waals surface area contributed by atoms with E-state index in [9.17, 15) is 0 Å². The first-order valence-electron chi connectivity index (χ1n) is 12.7. The molecule has 0 unspecified atom stereocenters. The van der Waals surface area contributed by atoms with Gasteiger partial charge in [0.1, 0.15) is 0 Å². The lowest BCUT2D eigenvalue weighted by molar-refractivity contribution is -0.105. The van der Waals surface area contributed by atoms with Crippen molar-refractivity contribution >= 4 is 34.5 Å². The van der Waals surface area contributed by atoms with Crippen molar-refractivity contribution in [3.05, 3.63) is 69.4 Å². The zero-order valence-electron chi connectivity index (χ0n) is 20.3. The third-order valence-electron chi connectivity index (χ3n) is 6.92. The van der Waals surface area contributed by atoms with Gasteiger partial charge in [-0.1, -0.05) is 47.5 Å². The number of hydrogen-bond donors (Lipinski definition) is 1. The highest BCUT2D eigenvalue weighted by atomic mass is 35.5. The molecule has 0 radical (unpaired) electrons. The van der Waals surface area contributed by atoms with Gasteiger partial charge in [-0.2, -0.15) is 11.3 Å². The van der Waals surface area contributed by atoms with Gasteiger partial charge in [-0.05, 0) is 112 Å². The Bertz CT molecular complexity index is 797. The fourth-order valence-corrected chi connectivity index (χ4v) is 5.81. The Morgan fingerprint density at radius 1 is 1.09 bits per heavy atom. The lowest BCUT2D eigenvalue weighted by Crippen LogP contribution is -2.43. The van der Waals surface area contributed by atoms with Crippen LogP contribution in [0.3, 0.4) is 0 Å². The van der Waals surface area contributed by atoms with Gasteiger partial charge in [0.05, 0.1) is 12.2 Å². The number of rotatable bonds is 7. The summed E-state index contributed by atoms with van der Waals surface area (Å²) in [4.78, 5) is 2.43. The molecule has 6 heteroatoms. The second-order valence-electron chi connectivity index (χ2n) is 9.55. The minimum absolute atomic E-state index is 0.232. The van der Waals surface area contributed by atoms with Crippen molar-refractivity contribution in [2.45, 2.75) is 63.5 Å². The van der Waals surface area contributed by atoms with Gasteiger partial charge in [-0.3, -0.25) is 4.90 Å². The van der Waals surface area contributed by atoms with Crippen molar-refractivity contribution < 1.29 is 4.74 Å². The number of piperidine rings is 1. The zero-order valence-corrected chi connectivity index (χ0v) is 22.7. The maximum atomic E-state index is 6.10. The molecule has 0 atom stereocenters. The number of thiophene rings is 1. The van der Waals surface area contributed by atoms with E-state index in [0.717, 1.165) is 24.1 Å². The number of nitrogens with zero attached hydrogens (tertiary/aromatic N) is 1. The molecular formula is C28H40Cl2N2OS. The Hall–Kier alpha value is -0.880. The van der Waals surface area contributed by atoms with E-state index in [4.69, 9.17) is 27.9 Å². The molecule has 2 aromatic rings. The summed E-state index contributed by atoms with van der Waals surface area (Å²) in [5.41, 5.74) is 1.41. The van der Waals surface area contributed by atoms with Crippen LogP contribution in [0.1, 0.15) is 56.9 Å². The van der Waals surface area contributed by atoms with Crippen LogP contribution in [0.15, 0.2) is 53.7 Å². The van der Waals surface area contributed by atoms with Crippen LogP contribution in [0.5, 0.6) is 0 Å². The third-order valence-corrected chi connectivity index (χ3v) is 8.14. The monoisotopic (exact) mass is 522 g/mol. The standard InChI is InChI=1S/C13H23NO.C11H13Cl2N.C4H4S/c1-2-10-15-13(6-3-7-13)11-12-4-8-14-9-5-12;12-10-4-3-9(11(13)7-10)8-14-5-1-2-6-14;1-2-4-5-3-1/h2,12,14H,1,3-11H2;3-4,7H,1-2,5-6,8H2;1-4H. The van der Waals surface area contributed by atoms with Gasteiger partial charge in [0.25, 0.3) is 0 Å². The van der Waals surface area contributed by atoms with Crippen LogP contribution in [0.4, 0.5) is 0 Å². The SMILES string of the molecule is C=CCOC1(CC2CCNCC2)CCC1.Clc1ccc(CN2CCCC2)c(Cl)c1.c1ccsc1. The molecule has 5 rings (SSSR count). The minimum Gasteiger partial charge on any atom is -0.371 e. The molecule has 2 saturated heterocycles. The minimum atomic E-state index is 0.232. The molecule has 0 amide bonds. The number of halogens is 2. The topological polar surface area (TPSA) is 24.5 Å². The summed E-state index contributed by atoms with van der Waals surface area (Å²) in [7, 11) is 0. The molecule has 1 saturated carbocycles. The molecular weight excluding hydrogens is 483 g/mol. The van der Waals surface area contributed by atoms with Gasteiger partial charge in [-0.25, -0.2) is 0 Å². The number of hydrogen-bond acceptors (Lipinski definition) is 4. The fourth-order valence-electron chi connectivity index (χ4n) is 4.88. The van der Waals surface area contributed by atoms with Crippen molar-refractivity contribution in [1.82, 2.24) is 10.2 Å². The Kier molecular flexibility index (Phi) is 12.5. The van der Waals surface area contributed by atoms with Crippen LogP contribution in [0.25, 0.3) is 0 Å².